The molecular weight excluding hydrogens is 237 g/mol. The quantitative estimate of drug-likeness (QED) is 0.798. The molecule has 0 aliphatic rings. The number of nitrogens with one attached hydrogen (secondary N) is 1. The maximum absolute atomic E-state index is 10.8. The lowest BCUT2D eigenvalue weighted by Gasteiger charge is -2.11. The Hall–Kier alpha value is -1.19. The molecule has 1 heterocycles. The molecule has 0 atom stereocenters. The minimum absolute atomic E-state index is 0.263. The van der Waals surface area contributed by atoms with E-state index in [1.54, 1.807) is 6.07 Å². The lowest BCUT2D eigenvalue weighted by molar-refractivity contribution is -0.138. The maximum atomic E-state index is 10.8. The van der Waals surface area contributed by atoms with E-state index < -0.39 is 10.3 Å². The molecule has 0 radical (unpaired) electrons. The number of benzene rings is 1. The molecule has 1 aromatic heterocycles. The third-order valence-electron chi connectivity index (χ3n) is 2.14. The zero-order valence-corrected chi connectivity index (χ0v) is 9.01. The van der Waals surface area contributed by atoms with Gasteiger partial charge in [-0.25, -0.2) is 4.79 Å². The first kappa shape index (κ1) is 10.3. The number of aromatic amines is 1. The number of rotatable bonds is 2. The highest BCUT2D eigenvalue weighted by Crippen LogP contribution is 2.35. The minimum atomic E-state index is -1.93. The molecule has 0 aliphatic carbocycles. The first-order valence-electron chi connectivity index (χ1n) is 4.21. The molecular formula is C10H7Cl2NO2. The summed E-state index contributed by atoms with van der Waals surface area (Å²) in [5.74, 6) is -1.29. The summed E-state index contributed by atoms with van der Waals surface area (Å²) in [6, 6.07) is 8.99. The molecule has 0 amide bonds. The van der Waals surface area contributed by atoms with Crippen LogP contribution in [0.1, 0.15) is 5.69 Å². The lowest BCUT2D eigenvalue weighted by Crippen LogP contribution is -2.23. The summed E-state index contributed by atoms with van der Waals surface area (Å²) in [7, 11) is 0. The van der Waals surface area contributed by atoms with E-state index in [2.05, 4.69) is 4.98 Å². The van der Waals surface area contributed by atoms with Gasteiger partial charge in [-0.1, -0.05) is 41.4 Å². The number of para-hydroxylation sites is 1. The molecule has 0 fully saturated rings. The SMILES string of the molecule is O=C(O)C(Cl)(Cl)c1cc2ccccc2[nH]1. The average Bonchev–Trinajstić information content (AvgIpc) is 2.61. The predicted molar refractivity (Wildman–Crippen MR) is 59.3 cm³/mol. The van der Waals surface area contributed by atoms with Gasteiger partial charge in [-0.15, -0.1) is 0 Å². The molecule has 78 valence electrons. The molecule has 15 heavy (non-hydrogen) atoms. The fourth-order valence-electron chi connectivity index (χ4n) is 1.36. The van der Waals surface area contributed by atoms with Crippen LogP contribution in [0.3, 0.4) is 0 Å². The van der Waals surface area contributed by atoms with Gasteiger partial charge in [0.05, 0.1) is 5.69 Å². The van der Waals surface area contributed by atoms with Gasteiger partial charge in [-0.3, -0.25) is 0 Å². The highest BCUT2D eigenvalue weighted by Gasteiger charge is 2.37. The van der Waals surface area contributed by atoms with Crippen molar-refractivity contribution in [3.05, 3.63) is 36.0 Å². The van der Waals surface area contributed by atoms with Gasteiger partial charge >= 0.3 is 5.97 Å². The van der Waals surface area contributed by atoms with Crippen molar-refractivity contribution in [1.29, 1.82) is 0 Å². The number of H-pyrrole nitrogens is 1. The summed E-state index contributed by atoms with van der Waals surface area (Å²) in [6.45, 7) is 0. The van der Waals surface area contributed by atoms with Crippen LogP contribution in [0.2, 0.25) is 0 Å². The van der Waals surface area contributed by atoms with Crippen molar-refractivity contribution in [3.8, 4) is 0 Å². The summed E-state index contributed by atoms with van der Waals surface area (Å²) in [4.78, 5) is 13.7. The zero-order chi connectivity index (χ0) is 11.1. The van der Waals surface area contributed by atoms with Crippen molar-refractivity contribution < 1.29 is 9.90 Å². The Kier molecular flexibility index (Phi) is 2.37. The lowest BCUT2D eigenvalue weighted by atomic mass is 10.2. The number of carboxylic acids is 1. The van der Waals surface area contributed by atoms with Gasteiger partial charge in [0.2, 0.25) is 0 Å². The van der Waals surface area contributed by atoms with Crippen LogP contribution in [0.5, 0.6) is 0 Å². The van der Waals surface area contributed by atoms with Crippen LogP contribution in [0.4, 0.5) is 0 Å². The molecule has 0 aliphatic heterocycles. The summed E-state index contributed by atoms with van der Waals surface area (Å²) in [5.41, 5.74) is 1.07. The van der Waals surface area contributed by atoms with Gasteiger partial charge in [-0.2, -0.15) is 0 Å². The van der Waals surface area contributed by atoms with Crippen LogP contribution in [0.15, 0.2) is 30.3 Å². The molecule has 0 saturated carbocycles. The molecule has 0 saturated heterocycles. The van der Waals surface area contributed by atoms with Gasteiger partial charge < -0.3 is 10.1 Å². The van der Waals surface area contributed by atoms with Gasteiger partial charge in [0, 0.05) is 5.52 Å². The topological polar surface area (TPSA) is 53.1 Å². The van der Waals surface area contributed by atoms with Crippen LogP contribution in [0.25, 0.3) is 10.9 Å². The Labute approximate surface area is 95.6 Å². The smallest absolute Gasteiger partial charge is 0.346 e. The van der Waals surface area contributed by atoms with Gasteiger partial charge in [0.25, 0.3) is 4.33 Å². The molecule has 0 spiro atoms. The number of hydrogen-bond donors (Lipinski definition) is 2. The number of aliphatic carboxylic acids is 1. The van der Waals surface area contributed by atoms with Crippen molar-refractivity contribution in [2.75, 3.05) is 0 Å². The molecule has 1 aromatic carbocycles. The second-order valence-electron chi connectivity index (χ2n) is 3.15. The van der Waals surface area contributed by atoms with Crippen molar-refractivity contribution >= 4 is 40.1 Å². The Morgan fingerprint density at radius 3 is 2.60 bits per heavy atom. The van der Waals surface area contributed by atoms with Gasteiger partial charge in [0.15, 0.2) is 0 Å². The first-order valence-corrected chi connectivity index (χ1v) is 4.97. The number of hydrogen-bond acceptors (Lipinski definition) is 1. The number of aromatic nitrogens is 1. The normalized spacial score (nSPS) is 11.9. The van der Waals surface area contributed by atoms with Crippen LogP contribution in [-0.4, -0.2) is 16.1 Å². The standard InChI is InChI=1S/C10H7Cl2NO2/c11-10(12,9(14)15)8-5-6-3-1-2-4-7(6)13-8/h1-5,13H,(H,14,15). The van der Waals surface area contributed by atoms with E-state index in [0.29, 0.717) is 0 Å². The third kappa shape index (κ3) is 1.68. The predicted octanol–water partition coefficient (Wildman–Crippen LogP) is 2.88. The Morgan fingerprint density at radius 1 is 1.33 bits per heavy atom. The van der Waals surface area contributed by atoms with Crippen LogP contribution < -0.4 is 0 Å². The molecule has 3 nitrogen and oxygen atoms in total. The number of alkyl halides is 2. The number of fused-ring (bicyclic) bond motifs is 1. The molecule has 2 aromatic rings. The highest BCUT2D eigenvalue weighted by atomic mass is 35.5. The maximum Gasteiger partial charge on any atom is 0.346 e. The minimum Gasteiger partial charge on any atom is -0.479 e. The van der Waals surface area contributed by atoms with Crippen molar-refractivity contribution in [2.24, 2.45) is 0 Å². The fourth-order valence-corrected chi connectivity index (χ4v) is 1.56. The largest absolute Gasteiger partial charge is 0.479 e. The zero-order valence-electron chi connectivity index (χ0n) is 7.50. The van der Waals surface area contributed by atoms with E-state index in [4.69, 9.17) is 28.3 Å². The molecule has 0 unspecified atom stereocenters. The Bertz CT molecular complexity index is 486. The number of carboxylic acid groups (broad SMARTS) is 1. The highest BCUT2D eigenvalue weighted by molar-refractivity contribution is 6.56. The van der Waals surface area contributed by atoms with E-state index in [0.717, 1.165) is 10.9 Å². The van der Waals surface area contributed by atoms with E-state index >= 15 is 0 Å². The first-order chi connectivity index (χ1) is 7.01. The summed E-state index contributed by atoms with van der Waals surface area (Å²) >= 11 is 11.4. The average molecular weight is 244 g/mol. The van der Waals surface area contributed by atoms with Crippen LogP contribution >= 0.6 is 23.2 Å². The van der Waals surface area contributed by atoms with Crippen molar-refractivity contribution in [2.45, 2.75) is 4.33 Å². The molecule has 0 bridgehead atoms. The van der Waals surface area contributed by atoms with Crippen molar-refractivity contribution in [3.63, 3.8) is 0 Å². The van der Waals surface area contributed by atoms with Gasteiger partial charge in [-0.05, 0) is 17.5 Å². The summed E-state index contributed by atoms with van der Waals surface area (Å²) in [6.07, 6.45) is 0. The summed E-state index contributed by atoms with van der Waals surface area (Å²) < 4.78 is -1.93. The van der Waals surface area contributed by atoms with Gasteiger partial charge in [0.1, 0.15) is 0 Å². The second-order valence-corrected chi connectivity index (χ2v) is 4.48. The Balaban J connectivity index is 2.58. The van der Waals surface area contributed by atoms with Crippen LogP contribution in [0, 0.1) is 0 Å². The van der Waals surface area contributed by atoms with E-state index in [1.807, 2.05) is 24.3 Å². The van der Waals surface area contributed by atoms with Crippen LogP contribution in [-0.2, 0) is 9.13 Å². The molecule has 2 N–H and O–H groups in total. The number of carbonyl (C=O) groups is 1. The fraction of sp³-hybridized carbons (Fsp3) is 0.100. The summed E-state index contributed by atoms with van der Waals surface area (Å²) in [5, 5.41) is 9.71. The number of halogens is 2. The molecule has 5 heteroatoms. The van der Waals surface area contributed by atoms with E-state index in [9.17, 15) is 4.79 Å². The Morgan fingerprint density at radius 2 is 2.00 bits per heavy atom. The van der Waals surface area contributed by atoms with E-state index in [-0.39, 0.29) is 5.69 Å². The van der Waals surface area contributed by atoms with Crippen molar-refractivity contribution in [1.82, 2.24) is 4.98 Å². The monoisotopic (exact) mass is 243 g/mol. The third-order valence-corrected chi connectivity index (χ3v) is 2.87. The van der Waals surface area contributed by atoms with E-state index in [1.165, 1.54) is 0 Å². The second kappa shape index (κ2) is 3.43. The molecule has 2 rings (SSSR count).